The summed E-state index contributed by atoms with van der Waals surface area (Å²) in [7, 11) is 0. The molecule has 3 aromatic rings. The molecule has 0 saturated heterocycles. The number of phenols is 1. The van der Waals surface area contributed by atoms with Gasteiger partial charge in [-0.15, -0.1) is 0 Å². The van der Waals surface area contributed by atoms with Crippen LogP contribution >= 0.6 is 0 Å². The molecule has 0 aliphatic carbocycles. The van der Waals surface area contributed by atoms with E-state index in [0.717, 1.165) is 11.1 Å². The lowest BCUT2D eigenvalue weighted by atomic mass is 10.1. The maximum Gasteiger partial charge on any atom is 0.197 e. The molecular weight excluding hydrogens is 228 g/mol. The van der Waals surface area contributed by atoms with Crippen LogP contribution in [0.3, 0.4) is 0 Å². The quantitative estimate of drug-likeness (QED) is 0.722. The van der Waals surface area contributed by atoms with E-state index in [0.29, 0.717) is 12.2 Å². The first-order valence-electron chi connectivity index (χ1n) is 5.67. The first-order valence-corrected chi connectivity index (χ1v) is 5.67. The van der Waals surface area contributed by atoms with Gasteiger partial charge < -0.3 is 10.2 Å². The summed E-state index contributed by atoms with van der Waals surface area (Å²) >= 11 is 0. The first-order chi connectivity index (χ1) is 8.75. The molecule has 0 aliphatic rings. The van der Waals surface area contributed by atoms with Gasteiger partial charge in [-0.05, 0) is 18.2 Å². The van der Waals surface area contributed by atoms with Crippen LogP contribution in [0.15, 0.2) is 48.7 Å². The zero-order valence-corrected chi connectivity index (χ0v) is 9.61. The molecule has 0 spiro atoms. The van der Waals surface area contributed by atoms with Gasteiger partial charge >= 0.3 is 0 Å². The molecule has 0 amide bonds. The molecule has 0 saturated carbocycles. The number of fused-ring (bicyclic) bond motifs is 1. The predicted molar refractivity (Wildman–Crippen MR) is 67.8 cm³/mol. The number of aromatic nitrogens is 2. The Balaban J connectivity index is 2.09. The minimum absolute atomic E-state index is 0.149. The van der Waals surface area contributed by atoms with Gasteiger partial charge in [0.15, 0.2) is 5.88 Å². The van der Waals surface area contributed by atoms with Crippen LogP contribution in [0.5, 0.6) is 11.6 Å². The van der Waals surface area contributed by atoms with Gasteiger partial charge in [-0.1, -0.05) is 24.3 Å². The molecule has 18 heavy (non-hydrogen) atoms. The lowest BCUT2D eigenvalue weighted by molar-refractivity contribution is 0.442. The molecule has 0 bridgehead atoms. The molecule has 0 fully saturated rings. The van der Waals surface area contributed by atoms with Gasteiger partial charge in [0.2, 0.25) is 0 Å². The Bertz CT molecular complexity index is 704. The van der Waals surface area contributed by atoms with Crippen molar-refractivity contribution in [2.24, 2.45) is 0 Å². The number of hydrogen-bond acceptors (Lipinski definition) is 3. The zero-order valence-electron chi connectivity index (χ0n) is 9.61. The standard InChI is InChI=1S/C14H12N2O2/c17-12-6-2-1-4-10(12)8-13-15-9-11-5-3-7-14(18)16(11)13/h1-7,9,17-18H,8H2. The van der Waals surface area contributed by atoms with E-state index < -0.39 is 0 Å². The molecule has 4 heteroatoms. The number of para-hydroxylation sites is 1. The minimum Gasteiger partial charge on any atom is -0.508 e. The second-order valence-corrected chi connectivity index (χ2v) is 4.12. The fourth-order valence-corrected chi connectivity index (χ4v) is 2.05. The molecule has 3 rings (SSSR count). The van der Waals surface area contributed by atoms with Gasteiger partial charge in [-0.25, -0.2) is 4.98 Å². The van der Waals surface area contributed by atoms with Gasteiger partial charge in [-0.3, -0.25) is 4.40 Å². The van der Waals surface area contributed by atoms with Crippen LogP contribution in [-0.4, -0.2) is 19.6 Å². The topological polar surface area (TPSA) is 57.8 Å². The summed E-state index contributed by atoms with van der Waals surface area (Å²) in [5.41, 5.74) is 1.62. The van der Waals surface area contributed by atoms with Crippen LogP contribution in [0.25, 0.3) is 5.52 Å². The highest BCUT2D eigenvalue weighted by Gasteiger charge is 2.09. The Morgan fingerprint density at radius 2 is 1.83 bits per heavy atom. The number of phenolic OH excluding ortho intramolecular Hbond substituents is 1. The van der Waals surface area contributed by atoms with E-state index in [1.54, 1.807) is 34.9 Å². The van der Waals surface area contributed by atoms with Crippen molar-refractivity contribution >= 4 is 5.52 Å². The van der Waals surface area contributed by atoms with Gasteiger partial charge in [0.05, 0.1) is 11.7 Å². The van der Waals surface area contributed by atoms with Crippen LogP contribution in [0.1, 0.15) is 11.4 Å². The van der Waals surface area contributed by atoms with Crippen molar-refractivity contribution in [3.05, 3.63) is 60.0 Å². The van der Waals surface area contributed by atoms with Crippen LogP contribution in [0.4, 0.5) is 0 Å². The van der Waals surface area contributed by atoms with Crippen molar-refractivity contribution in [1.82, 2.24) is 9.38 Å². The third kappa shape index (κ3) is 1.68. The Labute approximate surface area is 104 Å². The number of aromatic hydroxyl groups is 2. The van der Waals surface area contributed by atoms with E-state index in [1.165, 1.54) is 0 Å². The lowest BCUT2D eigenvalue weighted by Crippen LogP contribution is -1.97. The zero-order chi connectivity index (χ0) is 12.5. The van der Waals surface area contributed by atoms with Gasteiger partial charge in [-0.2, -0.15) is 0 Å². The number of benzene rings is 1. The maximum absolute atomic E-state index is 9.85. The average molecular weight is 240 g/mol. The fourth-order valence-electron chi connectivity index (χ4n) is 2.05. The highest BCUT2D eigenvalue weighted by Crippen LogP contribution is 2.22. The van der Waals surface area contributed by atoms with Crippen LogP contribution in [0, 0.1) is 0 Å². The summed E-state index contributed by atoms with van der Waals surface area (Å²) in [6.07, 6.45) is 2.17. The van der Waals surface area contributed by atoms with Gasteiger partial charge in [0.1, 0.15) is 11.6 Å². The van der Waals surface area contributed by atoms with Gasteiger partial charge in [0, 0.05) is 12.0 Å². The Morgan fingerprint density at radius 3 is 2.67 bits per heavy atom. The van der Waals surface area contributed by atoms with Crippen molar-refractivity contribution in [2.75, 3.05) is 0 Å². The summed E-state index contributed by atoms with van der Waals surface area (Å²) < 4.78 is 1.67. The molecule has 2 aromatic heterocycles. The molecule has 4 nitrogen and oxygen atoms in total. The summed E-state index contributed by atoms with van der Waals surface area (Å²) in [5, 5.41) is 19.6. The predicted octanol–water partition coefficient (Wildman–Crippen LogP) is 2.34. The highest BCUT2D eigenvalue weighted by molar-refractivity contribution is 5.49. The van der Waals surface area contributed by atoms with Crippen molar-refractivity contribution in [1.29, 1.82) is 0 Å². The summed E-state index contributed by atoms with van der Waals surface area (Å²) in [6.45, 7) is 0. The largest absolute Gasteiger partial charge is 0.508 e. The monoisotopic (exact) mass is 240 g/mol. The molecule has 0 atom stereocenters. The minimum atomic E-state index is 0.149. The normalized spacial score (nSPS) is 10.9. The van der Waals surface area contributed by atoms with Crippen LogP contribution in [-0.2, 0) is 6.42 Å². The third-order valence-electron chi connectivity index (χ3n) is 2.94. The molecule has 1 aromatic carbocycles. The highest BCUT2D eigenvalue weighted by atomic mass is 16.3. The van der Waals surface area contributed by atoms with Crippen molar-refractivity contribution in [3.8, 4) is 11.6 Å². The molecule has 0 radical (unpaired) electrons. The molecule has 0 unspecified atom stereocenters. The molecule has 0 aliphatic heterocycles. The van der Waals surface area contributed by atoms with E-state index in [1.807, 2.05) is 18.2 Å². The summed E-state index contributed by atoms with van der Waals surface area (Å²) in [6, 6.07) is 12.4. The number of hydrogen-bond donors (Lipinski definition) is 2. The van der Waals surface area contributed by atoms with E-state index in [9.17, 15) is 10.2 Å². The lowest BCUT2D eigenvalue weighted by Gasteiger charge is -2.05. The van der Waals surface area contributed by atoms with Crippen LogP contribution < -0.4 is 0 Å². The fraction of sp³-hybridized carbons (Fsp3) is 0.0714. The second-order valence-electron chi connectivity index (χ2n) is 4.12. The van der Waals surface area contributed by atoms with Crippen LogP contribution in [0.2, 0.25) is 0 Å². The molecule has 2 heterocycles. The van der Waals surface area contributed by atoms with Crippen molar-refractivity contribution < 1.29 is 10.2 Å². The number of rotatable bonds is 2. The smallest absolute Gasteiger partial charge is 0.197 e. The van der Waals surface area contributed by atoms with Crippen molar-refractivity contribution in [2.45, 2.75) is 6.42 Å². The average Bonchev–Trinajstić information content (AvgIpc) is 2.77. The van der Waals surface area contributed by atoms with E-state index in [-0.39, 0.29) is 11.6 Å². The number of imidazole rings is 1. The number of pyridine rings is 1. The summed E-state index contributed by atoms with van der Waals surface area (Å²) in [5.74, 6) is 1.09. The van der Waals surface area contributed by atoms with Crippen molar-refractivity contribution in [3.63, 3.8) is 0 Å². The van der Waals surface area contributed by atoms with E-state index >= 15 is 0 Å². The van der Waals surface area contributed by atoms with E-state index in [2.05, 4.69) is 4.98 Å². The van der Waals surface area contributed by atoms with Gasteiger partial charge in [0.25, 0.3) is 0 Å². The van der Waals surface area contributed by atoms with E-state index in [4.69, 9.17) is 0 Å². The maximum atomic E-state index is 9.85. The molecule has 2 N–H and O–H groups in total. The molecule has 90 valence electrons. The second kappa shape index (κ2) is 4.07. The Kier molecular flexibility index (Phi) is 2.41. The summed E-state index contributed by atoms with van der Waals surface area (Å²) in [4.78, 5) is 4.28. The Hall–Kier alpha value is -2.49. The number of nitrogens with zero attached hydrogens (tertiary/aromatic N) is 2. The Morgan fingerprint density at radius 1 is 1.00 bits per heavy atom. The SMILES string of the molecule is Oc1ccccc1Cc1ncc2cccc(O)n12. The molecular formula is C14H12N2O2. The first kappa shape index (κ1) is 10.7. The third-order valence-corrected chi connectivity index (χ3v) is 2.94.